The summed E-state index contributed by atoms with van der Waals surface area (Å²) in [6, 6.07) is 4.52. The van der Waals surface area contributed by atoms with Crippen molar-refractivity contribution in [2.75, 3.05) is 21.3 Å². The lowest BCUT2D eigenvalue weighted by Crippen LogP contribution is -2.26. The number of rotatable bonds is 5. The number of nitrogens with zero attached hydrogens (tertiary/aromatic N) is 1. The summed E-state index contributed by atoms with van der Waals surface area (Å²) < 4.78 is 15.3. The second-order valence-corrected chi connectivity index (χ2v) is 6.12. The van der Waals surface area contributed by atoms with Gasteiger partial charge in [-0.3, -0.25) is 4.79 Å². The van der Waals surface area contributed by atoms with Crippen LogP contribution in [0.1, 0.15) is 32.2 Å². The second kappa shape index (κ2) is 7.80. The third kappa shape index (κ3) is 4.08. The number of ether oxygens (including phenoxy) is 2. The third-order valence-corrected chi connectivity index (χ3v) is 4.12. The van der Waals surface area contributed by atoms with Gasteiger partial charge >= 0.3 is 5.97 Å². The van der Waals surface area contributed by atoms with Crippen molar-refractivity contribution < 1.29 is 23.5 Å². The van der Waals surface area contributed by atoms with Crippen molar-refractivity contribution in [2.45, 2.75) is 13.5 Å². The number of furan rings is 1. The molecule has 0 N–H and O–H groups in total. The molecule has 1 amide bonds. The molecule has 0 saturated carbocycles. The van der Waals surface area contributed by atoms with Gasteiger partial charge in [0.05, 0.1) is 30.8 Å². The topological polar surface area (TPSA) is 69.0 Å². The molecule has 25 heavy (non-hydrogen) atoms. The summed E-state index contributed by atoms with van der Waals surface area (Å²) in [4.78, 5) is 25.6. The van der Waals surface area contributed by atoms with Gasteiger partial charge < -0.3 is 18.8 Å². The first-order valence-electron chi connectivity index (χ1n) is 7.24. The van der Waals surface area contributed by atoms with E-state index in [-0.39, 0.29) is 22.5 Å². The van der Waals surface area contributed by atoms with Crippen molar-refractivity contribution in [3.05, 3.63) is 50.9 Å². The number of methoxy groups -OCH3 is 2. The largest absolute Gasteiger partial charge is 0.494 e. The van der Waals surface area contributed by atoms with Crippen molar-refractivity contribution >= 4 is 35.1 Å². The minimum absolute atomic E-state index is 0.165. The number of carbonyl (C=O) groups is 2. The molecule has 0 bridgehead atoms. The number of halogens is 2. The van der Waals surface area contributed by atoms with E-state index in [1.807, 2.05) is 0 Å². The Morgan fingerprint density at radius 2 is 1.76 bits per heavy atom. The summed E-state index contributed by atoms with van der Waals surface area (Å²) in [7, 11) is 4.34. The van der Waals surface area contributed by atoms with E-state index in [1.165, 1.54) is 31.3 Å². The molecular formula is C17H17Cl2NO5. The minimum atomic E-state index is -0.491. The number of benzene rings is 1. The summed E-state index contributed by atoms with van der Waals surface area (Å²) >= 11 is 12.1. The Morgan fingerprint density at radius 3 is 2.28 bits per heavy atom. The molecule has 134 valence electrons. The lowest BCUT2D eigenvalue weighted by molar-refractivity contribution is 0.0598. The Labute approximate surface area is 155 Å². The Kier molecular flexibility index (Phi) is 5.98. The molecular weight excluding hydrogens is 369 g/mol. The van der Waals surface area contributed by atoms with Crippen LogP contribution in [0.5, 0.6) is 5.75 Å². The normalized spacial score (nSPS) is 10.5. The molecule has 0 fully saturated rings. The van der Waals surface area contributed by atoms with E-state index in [0.717, 1.165) is 0 Å². The van der Waals surface area contributed by atoms with Crippen molar-refractivity contribution in [3.8, 4) is 5.75 Å². The lowest BCUT2D eigenvalue weighted by atomic mass is 10.2. The monoisotopic (exact) mass is 385 g/mol. The molecule has 0 aliphatic heterocycles. The number of amides is 1. The van der Waals surface area contributed by atoms with Crippen LogP contribution in [0.3, 0.4) is 0 Å². The fourth-order valence-corrected chi connectivity index (χ4v) is 2.98. The van der Waals surface area contributed by atoms with E-state index in [4.69, 9.17) is 32.4 Å². The summed E-state index contributed by atoms with van der Waals surface area (Å²) in [6.07, 6.45) is 0. The van der Waals surface area contributed by atoms with Crippen LogP contribution >= 0.6 is 23.2 Å². The van der Waals surface area contributed by atoms with Gasteiger partial charge in [-0.05, 0) is 25.1 Å². The Balaban J connectivity index is 2.20. The standard InChI is InChI=1S/C17H17Cl2NO5/c1-9-12(17(22)24-4)7-11(25-9)8-20(2)16(21)10-5-13(18)15(23-3)14(19)6-10/h5-7H,8H2,1-4H3. The summed E-state index contributed by atoms with van der Waals surface area (Å²) in [5.41, 5.74) is 0.642. The first-order chi connectivity index (χ1) is 11.8. The maximum Gasteiger partial charge on any atom is 0.341 e. The molecule has 1 heterocycles. The molecule has 2 rings (SSSR count). The Hall–Kier alpha value is -2.18. The van der Waals surface area contributed by atoms with Crippen LogP contribution in [0.2, 0.25) is 10.0 Å². The molecule has 0 atom stereocenters. The molecule has 0 saturated heterocycles. The van der Waals surface area contributed by atoms with Crippen LogP contribution in [0, 0.1) is 6.92 Å². The zero-order valence-corrected chi connectivity index (χ0v) is 15.7. The highest BCUT2D eigenvalue weighted by Gasteiger charge is 2.20. The van der Waals surface area contributed by atoms with Gasteiger partial charge in [0.25, 0.3) is 5.91 Å². The Morgan fingerprint density at radius 1 is 1.16 bits per heavy atom. The number of carbonyl (C=O) groups excluding carboxylic acids is 2. The highest BCUT2D eigenvalue weighted by molar-refractivity contribution is 6.37. The molecule has 1 aromatic carbocycles. The van der Waals surface area contributed by atoms with Crippen molar-refractivity contribution in [2.24, 2.45) is 0 Å². The molecule has 6 nitrogen and oxygen atoms in total. The summed E-state index contributed by atoms with van der Waals surface area (Å²) in [5.74, 6) is 0.403. The van der Waals surface area contributed by atoms with Crippen molar-refractivity contribution in [1.82, 2.24) is 4.90 Å². The van der Waals surface area contributed by atoms with Crippen LogP contribution in [-0.2, 0) is 11.3 Å². The second-order valence-electron chi connectivity index (χ2n) is 5.31. The van der Waals surface area contributed by atoms with Crippen molar-refractivity contribution in [3.63, 3.8) is 0 Å². The summed E-state index contributed by atoms with van der Waals surface area (Å²) in [6.45, 7) is 1.82. The first-order valence-corrected chi connectivity index (χ1v) is 8.00. The highest BCUT2D eigenvalue weighted by Crippen LogP contribution is 2.34. The van der Waals surface area contributed by atoms with Gasteiger partial charge in [0.2, 0.25) is 0 Å². The lowest BCUT2D eigenvalue weighted by Gasteiger charge is -2.17. The average Bonchev–Trinajstić information content (AvgIpc) is 2.93. The van der Waals surface area contributed by atoms with Crippen LogP contribution in [0.15, 0.2) is 22.6 Å². The minimum Gasteiger partial charge on any atom is -0.494 e. The number of hydrogen-bond acceptors (Lipinski definition) is 5. The molecule has 0 radical (unpaired) electrons. The smallest absolute Gasteiger partial charge is 0.341 e. The number of esters is 1. The molecule has 0 unspecified atom stereocenters. The molecule has 0 spiro atoms. The van der Waals surface area contributed by atoms with E-state index in [9.17, 15) is 9.59 Å². The quantitative estimate of drug-likeness (QED) is 0.728. The predicted molar refractivity (Wildman–Crippen MR) is 93.6 cm³/mol. The summed E-state index contributed by atoms with van der Waals surface area (Å²) in [5, 5.41) is 0.488. The van der Waals surface area contributed by atoms with E-state index in [0.29, 0.717) is 28.4 Å². The average molecular weight is 386 g/mol. The van der Waals surface area contributed by atoms with Gasteiger partial charge in [0, 0.05) is 12.6 Å². The maximum atomic E-state index is 12.6. The van der Waals surface area contributed by atoms with Crippen LogP contribution in [-0.4, -0.2) is 38.0 Å². The van der Waals surface area contributed by atoms with Crippen molar-refractivity contribution in [1.29, 1.82) is 0 Å². The number of hydrogen-bond donors (Lipinski definition) is 0. The molecule has 8 heteroatoms. The van der Waals surface area contributed by atoms with Gasteiger partial charge in [-0.25, -0.2) is 4.79 Å². The molecule has 0 aliphatic carbocycles. The van der Waals surface area contributed by atoms with E-state index in [2.05, 4.69) is 4.74 Å². The third-order valence-electron chi connectivity index (χ3n) is 3.56. The molecule has 2 aromatic rings. The van der Waals surface area contributed by atoms with Gasteiger partial charge in [0.1, 0.15) is 17.1 Å². The number of aryl methyl sites for hydroxylation is 1. The maximum absolute atomic E-state index is 12.6. The van der Waals surface area contributed by atoms with Gasteiger partial charge in [-0.2, -0.15) is 0 Å². The van der Waals surface area contributed by atoms with E-state index in [1.54, 1.807) is 20.0 Å². The predicted octanol–water partition coefficient (Wildman–Crippen LogP) is 3.96. The van der Waals surface area contributed by atoms with E-state index < -0.39 is 5.97 Å². The van der Waals surface area contributed by atoms with Gasteiger partial charge in [0.15, 0.2) is 5.75 Å². The fraction of sp³-hybridized carbons (Fsp3) is 0.294. The molecule has 1 aromatic heterocycles. The van der Waals surface area contributed by atoms with Crippen LogP contribution < -0.4 is 4.74 Å². The highest BCUT2D eigenvalue weighted by atomic mass is 35.5. The van der Waals surface area contributed by atoms with Gasteiger partial charge in [-0.1, -0.05) is 23.2 Å². The molecule has 0 aliphatic rings. The zero-order valence-electron chi connectivity index (χ0n) is 14.2. The SMILES string of the molecule is COC(=O)c1cc(CN(C)C(=O)c2cc(Cl)c(OC)c(Cl)c2)oc1C. The van der Waals surface area contributed by atoms with Crippen LogP contribution in [0.4, 0.5) is 0 Å². The van der Waals surface area contributed by atoms with Crippen LogP contribution in [0.25, 0.3) is 0 Å². The fourth-order valence-electron chi connectivity index (χ4n) is 2.34. The van der Waals surface area contributed by atoms with E-state index >= 15 is 0 Å². The zero-order chi connectivity index (χ0) is 18.7. The first kappa shape index (κ1) is 19.1. The Bertz CT molecular complexity index is 792. The van der Waals surface area contributed by atoms with Gasteiger partial charge in [-0.15, -0.1) is 0 Å².